The lowest BCUT2D eigenvalue weighted by atomic mass is 10.3. The van der Waals surface area contributed by atoms with Crippen LogP contribution >= 0.6 is 0 Å². The molecule has 94 valence electrons. The number of aryl methyl sites for hydroxylation is 2. The molecule has 3 rings (SSSR count). The molecule has 0 saturated heterocycles. The number of nitrogens with zero attached hydrogens (tertiary/aromatic N) is 4. The second-order valence-electron chi connectivity index (χ2n) is 4.34. The minimum Gasteiger partial charge on any atom is -0.257 e. The third kappa shape index (κ3) is 2.35. The van der Waals surface area contributed by atoms with E-state index in [0.29, 0.717) is 11.6 Å². The maximum atomic E-state index is 4.44. The van der Waals surface area contributed by atoms with Gasteiger partial charge in [-0.25, -0.2) is 15.0 Å². The van der Waals surface area contributed by atoms with Crippen LogP contribution in [0, 0.1) is 13.8 Å². The van der Waals surface area contributed by atoms with Gasteiger partial charge in [-0.15, -0.1) is 0 Å². The van der Waals surface area contributed by atoms with Gasteiger partial charge in [-0.2, -0.15) is 5.10 Å². The molecule has 3 aromatic rings. The monoisotopic (exact) mass is 251 g/mol. The van der Waals surface area contributed by atoms with Crippen LogP contribution in [-0.4, -0.2) is 25.1 Å². The molecule has 0 aliphatic carbocycles. The fourth-order valence-electron chi connectivity index (χ4n) is 1.83. The van der Waals surface area contributed by atoms with E-state index in [1.54, 1.807) is 0 Å². The highest BCUT2D eigenvalue weighted by atomic mass is 15.2. The Balaban J connectivity index is 2.00. The van der Waals surface area contributed by atoms with E-state index in [-0.39, 0.29) is 0 Å². The number of pyridine rings is 2. The highest BCUT2D eigenvalue weighted by molar-refractivity contribution is 5.55. The van der Waals surface area contributed by atoms with Gasteiger partial charge in [0.1, 0.15) is 11.4 Å². The van der Waals surface area contributed by atoms with Crippen LogP contribution in [0.3, 0.4) is 0 Å². The van der Waals surface area contributed by atoms with Crippen LogP contribution in [0.2, 0.25) is 0 Å². The summed E-state index contributed by atoms with van der Waals surface area (Å²) in [6.45, 7) is 3.89. The number of H-pyrrole nitrogens is 1. The molecular formula is C14H13N5. The molecule has 1 N–H and O–H groups in total. The molecule has 0 amide bonds. The van der Waals surface area contributed by atoms with E-state index in [0.717, 1.165) is 22.8 Å². The third-order valence-corrected chi connectivity index (χ3v) is 2.73. The van der Waals surface area contributed by atoms with Gasteiger partial charge in [0.15, 0.2) is 11.6 Å². The lowest BCUT2D eigenvalue weighted by Crippen LogP contribution is -1.89. The highest BCUT2D eigenvalue weighted by Crippen LogP contribution is 2.17. The molecule has 0 spiro atoms. The first kappa shape index (κ1) is 11.5. The third-order valence-electron chi connectivity index (χ3n) is 2.73. The van der Waals surface area contributed by atoms with E-state index in [1.165, 1.54) is 0 Å². The molecular weight excluding hydrogens is 238 g/mol. The second kappa shape index (κ2) is 4.61. The Morgan fingerprint density at radius 1 is 0.789 bits per heavy atom. The van der Waals surface area contributed by atoms with Gasteiger partial charge in [0.05, 0.1) is 0 Å². The fourth-order valence-corrected chi connectivity index (χ4v) is 1.83. The first-order valence-electron chi connectivity index (χ1n) is 6.03. The van der Waals surface area contributed by atoms with Crippen LogP contribution in [0.5, 0.6) is 0 Å². The molecule has 0 aliphatic heterocycles. The van der Waals surface area contributed by atoms with Crippen molar-refractivity contribution < 1.29 is 0 Å². The Bertz CT molecular complexity index is 657. The van der Waals surface area contributed by atoms with Crippen molar-refractivity contribution in [2.24, 2.45) is 0 Å². The van der Waals surface area contributed by atoms with Gasteiger partial charge in [0.25, 0.3) is 0 Å². The van der Waals surface area contributed by atoms with E-state index in [4.69, 9.17) is 0 Å². The van der Waals surface area contributed by atoms with Crippen molar-refractivity contribution in [1.82, 2.24) is 25.1 Å². The molecule has 3 heterocycles. The molecule has 0 bridgehead atoms. The highest BCUT2D eigenvalue weighted by Gasteiger charge is 2.09. The molecule has 0 saturated carbocycles. The summed E-state index contributed by atoms with van der Waals surface area (Å²) in [7, 11) is 0. The summed E-state index contributed by atoms with van der Waals surface area (Å²) in [6.07, 6.45) is 0. The molecule has 3 aromatic heterocycles. The zero-order chi connectivity index (χ0) is 13.2. The number of hydrogen-bond donors (Lipinski definition) is 1. The van der Waals surface area contributed by atoms with Gasteiger partial charge in [0, 0.05) is 11.4 Å². The fraction of sp³-hybridized carbons (Fsp3) is 0.143. The van der Waals surface area contributed by atoms with Crippen LogP contribution in [0.1, 0.15) is 11.4 Å². The molecule has 0 aromatic carbocycles. The normalized spacial score (nSPS) is 10.6. The maximum Gasteiger partial charge on any atom is 0.200 e. The van der Waals surface area contributed by atoms with E-state index >= 15 is 0 Å². The molecule has 5 heteroatoms. The van der Waals surface area contributed by atoms with Gasteiger partial charge in [0.2, 0.25) is 0 Å². The molecule has 0 unspecified atom stereocenters. The zero-order valence-electron chi connectivity index (χ0n) is 10.8. The summed E-state index contributed by atoms with van der Waals surface area (Å²) >= 11 is 0. The van der Waals surface area contributed by atoms with Gasteiger partial charge >= 0.3 is 0 Å². The zero-order valence-corrected chi connectivity index (χ0v) is 10.8. The summed E-state index contributed by atoms with van der Waals surface area (Å²) in [4.78, 5) is 13.3. The minimum atomic E-state index is 0.585. The SMILES string of the molecule is Cc1cccc(-c2n[nH]c(-c3cccc(C)n3)n2)n1. The lowest BCUT2D eigenvalue weighted by molar-refractivity contribution is 1.07. The van der Waals surface area contributed by atoms with Crippen molar-refractivity contribution >= 4 is 0 Å². The van der Waals surface area contributed by atoms with Crippen molar-refractivity contribution in [1.29, 1.82) is 0 Å². The average Bonchev–Trinajstić information content (AvgIpc) is 2.88. The minimum absolute atomic E-state index is 0.585. The Labute approximate surface area is 110 Å². The number of nitrogens with one attached hydrogen (secondary N) is 1. The topological polar surface area (TPSA) is 67.3 Å². The smallest absolute Gasteiger partial charge is 0.200 e. The predicted octanol–water partition coefficient (Wildman–Crippen LogP) is 2.55. The van der Waals surface area contributed by atoms with Crippen LogP contribution in [0.4, 0.5) is 0 Å². The van der Waals surface area contributed by atoms with Crippen molar-refractivity contribution in [2.45, 2.75) is 13.8 Å². The van der Waals surface area contributed by atoms with Crippen LogP contribution in [0.15, 0.2) is 36.4 Å². The summed E-state index contributed by atoms with van der Waals surface area (Å²) in [5.41, 5.74) is 3.43. The number of aromatic nitrogens is 5. The molecule has 0 fully saturated rings. The van der Waals surface area contributed by atoms with Crippen LogP contribution in [0.25, 0.3) is 23.0 Å². The molecule has 5 nitrogen and oxygen atoms in total. The number of hydrogen-bond acceptors (Lipinski definition) is 4. The van der Waals surface area contributed by atoms with Crippen LogP contribution < -0.4 is 0 Å². The first-order chi connectivity index (χ1) is 9.22. The van der Waals surface area contributed by atoms with Crippen molar-refractivity contribution in [3.8, 4) is 23.0 Å². The van der Waals surface area contributed by atoms with Crippen molar-refractivity contribution in [3.05, 3.63) is 47.8 Å². The average molecular weight is 251 g/mol. The van der Waals surface area contributed by atoms with E-state index in [2.05, 4.69) is 25.1 Å². The summed E-state index contributed by atoms with van der Waals surface area (Å²) < 4.78 is 0. The van der Waals surface area contributed by atoms with Crippen LogP contribution in [-0.2, 0) is 0 Å². The standard InChI is InChI=1S/C14H13N5/c1-9-5-3-7-11(15-9)13-17-14(19-18-13)12-8-4-6-10(2)16-12/h3-8H,1-2H3,(H,17,18,19). The largest absolute Gasteiger partial charge is 0.257 e. The summed E-state index contributed by atoms with van der Waals surface area (Å²) in [5, 5.41) is 7.10. The predicted molar refractivity (Wildman–Crippen MR) is 72.3 cm³/mol. The lowest BCUT2D eigenvalue weighted by Gasteiger charge is -1.96. The second-order valence-corrected chi connectivity index (χ2v) is 4.34. The van der Waals surface area contributed by atoms with Crippen molar-refractivity contribution in [3.63, 3.8) is 0 Å². The molecule has 0 atom stereocenters. The Morgan fingerprint density at radius 2 is 1.42 bits per heavy atom. The quantitative estimate of drug-likeness (QED) is 0.760. The Kier molecular flexibility index (Phi) is 2.79. The Hall–Kier alpha value is -2.56. The van der Waals surface area contributed by atoms with Crippen molar-refractivity contribution in [2.75, 3.05) is 0 Å². The first-order valence-corrected chi connectivity index (χ1v) is 6.03. The van der Waals surface area contributed by atoms with Gasteiger partial charge in [-0.1, -0.05) is 12.1 Å². The number of rotatable bonds is 2. The van der Waals surface area contributed by atoms with E-state index < -0.39 is 0 Å². The number of aromatic amines is 1. The summed E-state index contributed by atoms with van der Waals surface area (Å²) in [6, 6.07) is 11.6. The van der Waals surface area contributed by atoms with Gasteiger partial charge in [-0.3, -0.25) is 5.10 Å². The molecule has 19 heavy (non-hydrogen) atoms. The Morgan fingerprint density at radius 3 is 2.11 bits per heavy atom. The summed E-state index contributed by atoms with van der Waals surface area (Å²) in [5.74, 6) is 1.24. The van der Waals surface area contributed by atoms with Gasteiger partial charge in [-0.05, 0) is 38.1 Å². The maximum absolute atomic E-state index is 4.44. The van der Waals surface area contributed by atoms with E-state index in [1.807, 2.05) is 50.2 Å². The molecule has 0 aliphatic rings. The molecule has 0 radical (unpaired) electrons. The van der Waals surface area contributed by atoms with E-state index in [9.17, 15) is 0 Å². The van der Waals surface area contributed by atoms with Gasteiger partial charge < -0.3 is 0 Å².